The largest absolute Gasteiger partial charge is 0.477 e. The summed E-state index contributed by atoms with van der Waals surface area (Å²) in [4.78, 5) is 29.3. The number of hydrogen-bond donors (Lipinski definition) is 2. The van der Waals surface area contributed by atoms with Crippen LogP contribution in [-0.4, -0.2) is 53.2 Å². The highest BCUT2D eigenvalue weighted by Gasteiger charge is 2.40. The number of nitrogens with zero attached hydrogens (tertiary/aromatic N) is 1. The van der Waals surface area contributed by atoms with Gasteiger partial charge in [-0.25, -0.2) is 4.79 Å². The smallest absolute Gasteiger partial charge is 0.348 e. The predicted molar refractivity (Wildman–Crippen MR) is 135 cm³/mol. The number of hydrogen-bond acceptors (Lipinski definition) is 6. The number of ether oxygens (including phenoxy) is 2. The second kappa shape index (κ2) is 10.3. The number of aliphatic hydroxyl groups excluding tert-OH is 1. The molecule has 1 aliphatic heterocycles. The van der Waals surface area contributed by atoms with Crippen molar-refractivity contribution in [2.24, 2.45) is 11.8 Å². The van der Waals surface area contributed by atoms with E-state index in [1.54, 1.807) is 0 Å². The van der Waals surface area contributed by atoms with Crippen molar-refractivity contribution in [1.82, 2.24) is 0 Å². The van der Waals surface area contributed by atoms with Crippen molar-refractivity contribution in [3.63, 3.8) is 0 Å². The number of carboxylic acids is 1. The van der Waals surface area contributed by atoms with E-state index in [1.807, 2.05) is 11.0 Å². The number of aromatic carboxylic acids is 1. The van der Waals surface area contributed by atoms with Gasteiger partial charge < -0.3 is 24.6 Å². The van der Waals surface area contributed by atoms with Gasteiger partial charge in [0, 0.05) is 29.7 Å². The molecule has 0 bridgehead atoms. The average molecular weight is 504 g/mol. The maximum absolute atomic E-state index is 13.9. The Morgan fingerprint density at radius 2 is 1.74 bits per heavy atom. The molecule has 4 aliphatic rings. The maximum Gasteiger partial charge on any atom is 0.348 e. The second-order valence-corrected chi connectivity index (χ2v) is 11.9. The molecule has 3 aliphatic carbocycles. The van der Waals surface area contributed by atoms with Crippen LogP contribution in [0, 0.1) is 11.8 Å². The first-order valence-corrected chi connectivity index (χ1v) is 14.0. The van der Waals surface area contributed by atoms with Crippen molar-refractivity contribution in [1.29, 1.82) is 0 Å². The molecule has 7 nitrogen and oxygen atoms in total. The molecule has 0 aromatic carbocycles. The van der Waals surface area contributed by atoms with Gasteiger partial charge in [0.1, 0.15) is 4.88 Å². The lowest BCUT2D eigenvalue weighted by Crippen LogP contribution is -2.47. The van der Waals surface area contributed by atoms with Crippen molar-refractivity contribution in [2.45, 2.75) is 95.5 Å². The summed E-state index contributed by atoms with van der Waals surface area (Å²) < 4.78 is 11.7. The first-order valence-electron chi connectivity index (χ1n) is 13.2. The van der Waals surface area contributed by atoms with Crippen molar-refractivity contribution in [3.8, 4) is 0 Å². The van der Waals surface area contributed by atoms with Crippen LogP contribution in [0.15, 0.2) is 12.1 Å². The third-order valence-electron chi connectivity index (χ3n) is 8.36. The molecule has 0 radical (unpaired) electrons. The quantitative estimate of drug-likeness (QED) is 0.572. The lowest BCUT2D eigenvalue weighted by atomic mass is 9.81. The molecule has 1 saturated heterocycles. The second-order valence-electron chi connectivity index (χ2n) is 10.8. The zero-order chi connectivity index (χ0) is 24.6. The van der Waals surface area contributed by atoms with E-state index in [0.29, 0.717) is 56.9 Å². The highest BCUT2D eigenvalue weighted by molar-refractivity contribution is 7.15. The van der Waals surface area contributed by atoms with Crippen molar-refractivity contribution < 1.29 is 29.3 Å². The number of carbonyl (C=O) groups excluding carboxylic acids is 1. The third-order valence-corrected chi connectivity index (χ3v) is 9.55. The van der Waals surface area contributed by atoms with Crippen molar-refractivity contribution in [3.05, 3.63) is 21.9 Å². The molecule has 2 heterocycles. The fourth-order valence-electron chi connectivity index (χ4n) is 6.18. The van der Waals surface area contributed by atoms with Crippen LogP contribution in [0.3, 0.4) is 0 Å². The molecule has 1 spiro atoms. The molecule has 35 heavy (non-hydrogen) atoms. The van der Waals surface area contributed by atoms with E-state index in [9.17, 15) is 19.8 Å². The minimum absolute atomic E-state index is 0.0616. The Labute approximate surface area is 211 Å². The lowest BCUT2D eigenvalue weighted by molar-refractivity contribution is -0.159. The molecule has 3 fully saturated rings. The SMILES string of the molecule is C[C@H]1CC[C@H](C(=O)N(c2cc(C3=CCC4(CC3)OCCO4)sc2C(=O)O)[C@H]2CC[C@H](O)CC2)CC1. The van der Waals surface area contributed by atoms with Gasteiger partial charge in [-0.3, -0.25) is 4.79 Å². The lowest BCUT2D eigenvalue weighted by Gasteiger charge is -2.38. The highest BCUT2D eigenvalue weighted by Crippen LogP contribution is 2.44. The first kappa shape index (κ1) is 24.9. The Hall–Kier alpha value is -1.74. The summed E-state index contributed by atoms with van der Waals surface area (Å²) >= 11 is 1.27. The Morgan fingerprint density at radius 1 is 1.06 bits per heavy atom. The molecule has 8 heteroatoms. The molecular formula is C27H37NO6S. The summed E-state index contributed by atoms with van der Waals surface area (Å²) in [7, 11) is 0. The van der Waals surface area contributed by atoms with Crippen LogP contribution in [0.5, 0.6) is 0 Å². The highest BCUT2D eigenvalue weighted by atomic mass is 32.1. The van der Waals surface area contributed by atoms with E-state index in [-0.39, 0.29) is 28.8 Å². The zero-order valence-electron chi connectivity index (χ0n) is 20.5. The summed E-state index contributed by atoms with van der Waals surface area (Å²) in [6.07, 6.45) is 10.4. The van der Waals surface area contributed by atoms with Gasteiger partial charge in [-0.1, -0.05) is 13.0 Å². The summed E-state index contributed by atoms with van der Waals surface area (Å²) in [6.45, 7) is 3.46. The normalized spacial score (nSPS) is 30.7. The number of amides is 1. The van der Waals surface area contributed by atoms with E-state index in [4.69, 9.17) is 9.47 Å². The fourth-order valence-corrected chi connectivity index (χ4v) is 7.23. The van der Waals surface area contributed by atoms with Gasteiger partial charge in [0.05, 0.1) is 25.0 Å². The molecular weight excluding hydrogens is 466 g/mol. The summed E-state index contributed by atoms with van der Waals surface area (Å²) in [5, 5.41) is 20.2. The molecule has 0 atom stereocenters. The topological polar surface area (TPSA) is 96.3 Å². The van der Waals surface area contributed by atoms with Gasteiger partial charge in [0.25, 0.3) is 0 Å². The van der Waals surface area contributed by atoms with E-state index < -0.39 is 11.8 Å². The molecule has 0 unspecified atom stereocenters. The minimum Gasteiger partial charge on any atom is -0.477 e. The monoisotopic (exact) mass is 503 g/mol. The Balaban J connectivity index is 1.46. The number of carbonyl (C=O) groups is 2. The van der Waals surface area contributed by atoms with Gasteiger partial charge in [0.2, 0.25) is 5.91 Å². The van der Waals surface area contributed by atoms with Crippen molar-refractivity contribution >= 4 is 34.5 Å². The van der Waals surface area contributed by atoms with Gasteiger partial charge in [-0.05, 0) is 75.3 Å². The number of carboxylic acid groups (broad SMARTS) is 1. The summed E-state index contributed by atoms with van der Waals surface area (Å²) in [5.41, 5.74) is 1.64. The number of rotatable bonds is 5. The van der Waals surface area contributed by atoms with Crippen LogP contribution in [-0.2, 0) is 14.3 Å². The number of anilines is 1. The van der Waals surface area contributed by atoms with Gasteiger partial charge >= 0.3 is 5.97 Å². The van der Waals surface area contributed by atoms with Crippen LogP contribution in [0.1, 0.15) is 92.1 Å². The number of aliphatic hydroxyl groups is 1. The van der Waals surface area contributed by atoms with Gasteiger partial charge in [-0.2, -0.15) is 0 Å². The molecule has 1 amide bonds. The van der Waals surface area contributed by atoms with E-state index >= 15 is 0 Å². The van der Waals surface area contributed by atoms with Crippen LogP contribution in [0.4, 0.5) is 5.69 Å². The first-order chi connectivity index (χ1) is 16.8. The number of thiophene rings is 1. The third kappa shape index (κ3) is 5.22. The molecule has 192 valence electrons. The van der Waals surface area contributed by atoms with E-state index in [0.717, 1.165) is 49.0 Å². The van der Waals surface area contributed by atoms with Crippen LogP contribution < -0.4 is 4.90 Å². The molecule has 1 aromatic rings. The van der Waals surface area contributed by atoms with Gasteiger partial charge in [0.15, 0.2) is 5.79 Å². The predicted octanol–water partition coefficient (Wildman–Crippen LogP) is 5.22. The van der Waals surface area contributed by atoms with Gasteiger partial charge in [-0.15, -0.1) is 11.3 Å². The molecule has 5 rings (SSSR count). The summed E-state index contributed by atoms with van der Waals surface area (Å²) in [6, 6.07) is 1.86. The van der Waals surface area contributed by atoms with Crippen LogP contribution in [0.25, 0.3) is 5.57 Å². The number of allylic oxidation sites excluding steroid dienone is 1. The van der Waals surface area contributed by atoms with Crippen LogP contribution >= 0.6 is 11.3 Å². The van der Waals surface area contributed by atoms with Crippen molar-refractivity contribution in [2.75, 3.05) is 18.1 Å². The Morgan fingerprint density at radius 3 is 2.34 bits per heavy atom. The molecule has 2 saturated carbocycles. The Kier molecular flexibility index (Phi) is 7.35. The minimum atomic E-state index is -0.988. The van der Waals surface area contributed by atoms with E-state index in [2.05, 4.69) is 13.0 Å². The molecule has 2 N–H and O–H groups in total. The zero-order valence-corrected chi connectivity index (χ0v) is 21.4. The maximum atomic E-state index is 13.9. The van der Waals surface area contributed by atoms with E-state index in [1.165, 1.54) is 11.3 Å². The standard InChI is InChI=1S/C27H37NO6S/c1-17-2-4-19(5-3-17)25(30)28(20-6-8-21(29)9-7-20)22-16-23(35-24(22)26(31)32)18-10-12-27(13-11-18)33-14-15-34-27/h10,16-17,19-21,29H,2-9,11-15H2,1H3,(H,31,32)/t17-,19-,20-,21-. The molecule has 1 aromatic heterocycles. The van der Waals surface area contributed by atoms with Crippen LogP contribution in [0.2, 0.25) is 0 Å². The fraction of sp³-hybridized carbons (Fsp3) is 0.704. The average Bonchev–Trinajstić information content (AvgIpc) is 3.49. The summed E-state index contributed by atoms with van der Waals surface area (Å²) in [5.74, 6) is -0.878. The Bertz CT molecular complexity index is 964.